The molecular formula is C13H28BaO4. The summed E-state index contributed by atoms with van der Waals surface area (Å²) < 4.78 is 10.7. The molecule has 2 unspecified atom stereocenters. The SMILES string of the molecule is CCCCCCCOC(C)COC(C)C(=O)O.[BaH2]. The zero-order valence-corrected chi connectivity index (χ0v) is 11.3. The van der Waals surface area contributed by atoms with Crippen LogP contribution >= 0.6 is 0 Å². The van der Waals surface area contributed by atoms with Gasteiger partial charge in [-0.1, -0.05) is 32.6 Å². The van der Waals surface area contributed by atoms with Crippen LogP contribution in [0.3, 0.4) is 0 Å². The van der Waals surface area contributed by atoms with Crippen molar-refractivity contribution in [3.8, 4) is 0 Å². The van der Waals surface area contributed by atoms with Crippen LogP contribution in [0.5, 0.6) is 0 Å². The van der Waals surface area contributed by atoms with E-state index in [1.807, 2.05) is 6.92 Å². The van der Waals surface area contributed by atoms with Crippen molar-refractivity contribution in [3.05, 3.63) is 0 Å². The molecule has 0 aromatic heterocycles. The van der Waals surface area contributed by atoms with E-state index in [-0.39, 0.29) is 55.0 Å². The predicted octanol–water partition coefficient (Wildman–Crippen LogP) is 1.94. The van der Waals surface area contributed by atoms with Gasteiger partial charge in [0.1, 0.15) is 0 Å². The molecule has 0 spiro atoms. The van der Waals surface area contributed by atoms with Crippen molar-refractivity contribution in [2.45, 2.75) is 65.1 Å². The van der Waals surface area contributed by atoms with Crippen LogP contribution in [0.15, 0.2) is 0 Å². The Bertz CT molecular complexity index is 199. The average Bonchev–Trinajstić information content (AvgIpc) is 2.30. The molecule has 0 aliphatic carbocycles. The van der Waals surface area contributed by atoms with Crippen molar-refractivity contribution in [3.63, 3.8) is 0 Å². The zero-order chi connectivity index (χ0) is 13.1. The number of rotatable bonds is 11. The maximum absolute atomic E-state index is 10.5. The summed E-state index contributed by atoms with van der Waals surface area (Å²) in [5, 5.41) is 8.63. The number of unbranched alkanes of at least 4 members (excludes halogenated alkanes) is 4. The first kappa shape index (κ1) is 21.3. The van der Waals surface area contributed by atoms with Crippen LogP contribution in [0.2, 0.25) is 0 Å². The van der Waals surface area contributed by atoms with Gasteiger partial charge in [-0.05, 0) is 20.3 Å². The molecule has 0 rings (SSSR count). The summed E-state index contributed by atoms with van der Waals surface area (Å²) in [7, 11) is 0. The van der Waals surface area contributed by atoms with Gasteiger partial charge < -0.3 is 14.6 Å². The van der Waals surface area contributed by atoms with Gasteiger partial charge in [0.25, 0.3) is 0 Å². The number of aliphatic carboxylic acids is 1. The Hall–Kier alpha value is 0.961. The van der Waals surface area contributed by atoms with Crippen molar-refractivity contribution in [2.24, 2.45) is 0 Å². The van der Waals surface area contributed by atoms with Gasteiger partial charge >= 0.3 is 54.9 Å². The fourth-order valence-electron chi connectivity index (χ4n) is 1.39. The van der Waals surface area contributed by atoms with E-state index in [0.717, 1.165) is 13.0 Å². The minimum atomic E-state index is -0.934. The van der Waals surface area contributed by atoms with E-state index in [1.165, 1.54) is 32.6 Å². The van der Waals surface area contributed by atoms with Crippen LogP contribution in [0.4, 0.5) is 0 Å². The van der Waals surface area contributed by atoms with Crippen molar-refractivity contribution in [1.82, 2.24) is 0 Å². The first-order valence-electron chi connectivity index (χ1n) is 6.54. The Balaban J connectivity index is 0. The Labute approximate surface area is 151 Å². The molecule has 0 saturated carbocycles. The van der Waals surface area contributed by atoms with Gasteiger partial charge in [0, 0.05) is 6.61 Å². The first-order valence-corrected chi connectivity index (χ1v) is 6.54. The molecule has 0 radical (unpaired) electrons. The summed E-state index contributed by atoms with van der Waals surface area (Å²) in [5.41, 5.74) is 0. The van der Waals surface area contributed by atoms with Crippen LogP contribution in [0, 0.1) is 0 Å². The second-order valence-corrected chi connectivity index (χ2v) is 4.41. The summed E-state index contributed by atoms with van der Waals surface area (Å²) in [5.74, 6) is -0.934. The van der Waals surface area contributed by atoms with E-state index < -0.39 is 12.1 Å². The Morgan fingerprint density at radius 3 is 2.28 bits per heavy atom. The number of hydrogen-bond acceptors (Lipinski definition) is 3. The van der Waals surface area contributed by atoms with E-state index in [9.17, 15) is 4.79 Å². The number of ether oxygens (including phenoxy) is 2. The molecule has 0 aliphatic rings. The monoisotopic (exact) mass is 386 g/mol. The molecule has 0 amide bonds. The molecule has 0 aliphatic heterocycles. The van der Waals surface area contributed by atoms with Crippen LogP contribution in [0.1, 0.15) is 52.9 Å². The van der Waals surface area contributed by atoms with Gasteiger partial charge in [-0.25, -0.2) is 4.79 Å². The average molecular weight is 386 g/mol. The molecule has 18 heavy (non-hydrogen) atoms. The molecule has 0 saturated heterocycles. The van der Waals surface area contributed by atoms with Gasteiger partial charge in [0.2, 0.25) is 0 Å². The van der Waals surface area contributed by atoms with Gasteiger partial charge in [0.15, 0.2) is 6.10 Å². The summed E-state index contributed by atoms with van der Waals surface area (Å²) >= 11 is 0. The molecule has 0 heterocycles. The summed E-state index contributed by atoms with van der Waals surface area (Å²) in [6, 6.07) is 0. The Morgan fingerprint density at radius 2 is 1.72 bits per heavy atom. The third kappa shape index (κ3) is 13.4. The number of hydrogen-bond donors (Lipinski definition) is 1. The molecular weight excluding hydrogens is 357 g/mol. The van der Waals surface area contributed by atoms with E-state index in [1.54, 1.807) is 0 Å². The molecule has 2 atom stereocenters. The molecule has 0 bridgehead atoms. The summed E-state index contributed by atoms with van der Waals surface area (Å²) in [6.07, 6.45) is 5.27. The molecule has 0 aromatic carbocycles. The number of carbonyl (C=O) groups is 1. The first-order chi connectivity index (χ1) is 8.07. The summed E-state index contributed by atoms with van der Waals surface area (Å²) in [4.78, 5) is 10.5. The van der Waals surface area contributed by atoms with Crippen LogP contribution in [0.25, 0.3) is 0 Å². The second-order valence-electron chi connectivity index (χ2n) is 4.41. The Kier molecular flexibility index (Phi) is 17.0. The van der Waals surface area contributed by atoms with E-state index in [2.05, 4.69) is 6.92 Å². The van der Waals surface area contributed by atoms with E-state index in [4.69, 9.17) is 14.6 Å². The fourth-order valence-corrected chi connectivity index (χ4v) is 1.39. The second kappa shape index (κ2) is 14.4. The molecule has 1 N–H and O–H groups in total. The van der Waals surface area contributed by atoms with Crippen molar-refractivity contribution in [1.29, 1.82) is 0 Å². The molecule has 106 valence electrons. The standard InChI is InChI=1S/C13H26O4.Ba.2H/c1-4-5-6-7-8-9-16-11(2)10-17-12(3)13(14)15;;;/h11-12H,4-10H2,1-3H3,(H,14,15);;;. The topological polar surface area (TPSA) is 55.8 Å². The van der Waals surface area contributed by atoms with Gasteiger partial charge in [-0.15, -0.1) is 0 Å². The maximum atomic E-state index is 10.5. The third-order valence-corrected chi connectivity index (χ3v) is 2.58. The summed E-state index contributed by atoms with van der Waals surface area (Å²) in [6.45, 7) is 6.69. The van der Waals surface area contributed by atoms with E-state index in [0.29, 0.717) is 6.61 Å². The van der Waals surface area contributed by atoms with Crippen LogP contribution < -0.4 is 0 Å². The third-order valence-electron chi connectivity index (χ3n) is 2.58. The van der Waals surface area contributed by atoms with Crippen molar-refractivity contribution in [2.75, 3.05) is 13.2 Å². The predicted molar refractivity (Wildman–Crippen MR) is 75.8 cm³/mol. The van der Waals surface area contributed by atoms with Crippen molar-refractivity contribution >= 4 is 54.9 Å². The van der Waals surface area contributed by atoms with Crippen LogP contribution in [-0.2, 0) is 14.3 Å². The van der Waals surface area contributed by atoms with Gasteiger partial charge in [-0.2, -0.15) is 0 Å². The zero-order valence-electron chi connectivity index (χ0n) is 11.3. The molecule has 0 aromatic rings. The molecule has 5 heteroatoms. The van der Waals surface area contributed by atoms with Crippen LogP contribution in [-0.4, -0.2) is 85.4 Å². The van der Waals surface area contributed by atoms with Gasteiger partial charge in [0.05, 0.1) is 12.7 Å². The van der Waals surface area contributed by atoms with Crippen molar-refractivity contribution < 1.29 is 19.4 Å². The minimum absolute atomic E-state index is 0. The number of carboxylic acid groups (broad SMARTS) is 1. The molecule has 0 fully saturated rings. The fraction of sp³-hybridized carbons (Fsp3) is 0.923. The van der Waals surface area contributed by atoms with E-state index >= 15 is 0 Å². The molecule has 4 nitrogen and oxygen atoms in total. The quantitative estimate of drug-likeness (QED) is 0.436. The van der Waals surface area contributed by atoms with Gasteiger partial charge in [-0.3, -0.25) is 0 Å². The normalized spacial score (nSPS) is 13.7. The Morgan fingerprint density at radius 1 is 1.11 bits per heavy atom. The number of carboxylic acids is 1.